The first-order valence-corrected chi connectivity index (χ1v) is 3.31. The van der Waals surface area contributed by atoms with Gasteiger partial charge in [0, 0.05) is 12.1 Å². The molecule has 1 aromatic heterocycles. The zero-order valence-electron chi connectivity index (χ0n) is 6.15. The summed E-state index contributed by atoms with van der Waals surface area (Å²) in [6.07, 6.45) is -4.03. The van der Waals surface area contributed by atoms with Crippen LogP contribution < -0.4 is 5.73 Å². The molecule has 68 valence electrons. The Morgan fingerprint density at radius 1 is 1.50 bits per heavy atom. The van der Waals surface area contributed by atoms with Gasteiger partial charge in [-0.15, -0.1) is 0 Å². The van der Waals surface area contributed by atoms with Gasteiger partial charge in [-0.25, -0.2) is 0 Å². The zero-order chi connectivity index (χ0) is 9.19. The molecule has 0 aliphatic rings. The fourth-order valence-electron chi connectivity index (χ4n) is 0.883. The van der Waals surface area contributed by atoms with Crippen LogP contribution >= 0.6 is 0 Å². The van der Waals surface area contributed by atoms with Crippen molar-refractivity contribution in [3.8, 4) is 0 Å². The van der Waals surface area contributed by atoms with Crippen LogP contribution in [0.1, 0.15) is 11.3 Å². The van der Waals surface area contributed by atoms with Gasteiger partial charge >= 0.3 is 6.18 Å². The van der Waals surface area contributed by atoms with E-state index in [1.54, 1.807) is 0 Å². The molecule has 0 fully saturated rings. The minimum atomic E-state index is -4.20. The lowest BCUT2D eigenvalue weighted by Crippen LogP contribution is -2.13. The number of nitrogens with two attached hydrogens (primary N) is 1. The van der Waals surface area contributed by atoms with E-state index in [0.717, 1.165) is 6.20 Å². The molecule has 0 saturated heterocycles. The van der Waals surface area contributed by atoms with Crippen LogP contribution in [0.25, 0.3) is 0 Å². The highest BCUT2D eigenvalue weighted by atomic mass is 19.4. The quantitative estimate of drug-likeness (QED) is 0.710. The number of nitrogens with zero attached hydrogens (tertiary/aromatic N) is 1. The van der Waals surface area contributed by atoms with E-state index in [1.165, 1.54) is 0 Å². The molecule has 0 aromatic carbocycles. The van der Waals surface area contributed by atoms with E-state index in [4.69, 9.17) is 5.73 Å². The molecule has 0 aliphatic heterocycles. The lowest BCUT2D eigenvalue weighted by atomic mass is 10.2. The summed E-state index contributed by atoms with van der Waals surface area (Å²) in [6, 6.07) is 0. The fourth-order valence-corrected chi connectivity index (χ4v) is 0.883. The minimum absolute atomic E-state index is 0.0470. The first-order chi connectivity index (χ1) is 5.53. The van der Waals surface area contributed by atoms with E-state index < -0.39 is 12.6 Å². The maximum Gasteiger partial charge on any atom is 0.393 e. The molecule has 0 amide bonds. The Kier molecular flexibility index (Phi) is 2.37. The molecule has 0 radical (unpaired) electrons. The lowest BCUT2D eigenvalue weighted by Gasteiger charge is -2.04. The number of hydrogen-bond acceptors (Lipinski definition) is 2. The van der Waals surface area contributed by atoms with E-state index in [0.29, 0.717) is 5.69 Å². The Hall–Kier alpha value is -1.04. The SMILES string of the molecule is NCc1[nH]ncc1CC(F)(F)F. The Labute approximate surface area is 66.8 Å². The Morgan fingerprint density at radius 2 is 2.17 bits per heavy atom. The van der Waals surface area contributed by atoms with Crippen LogP contribution in [0.3, 0.4) is 0 Å². The van der Waals surface area contributed by atoms with Crippen molar-refractivity contribution in [1.82, 2.24) is 10.2 Å². The van der Waals surface area contributed by atoms with Gasteiger partial charge < -0.3 is 5.73 Å². The van der Waals surface area contributed by atoms with Crippen LogP contribution in [0.2, 0.25) is 0 Å². The van der Waals surface area contributed by atoms with Gasteiger partial charge in [-0.1, -0.05) is 0 Å². The first-order valence-electron chi connectivity index (χ1n) is 3.31. The summed E-state index contributed by atoms with van der Waals surface area (Å²) in [6.45, 7) is 0.0470. The molecular weight excluding hydrogens is 171 g/mol. The highest BCUT2D eigenvalue weighted by molar-refractivity contribution is 5.16. The van der Waals surface area contributed by atoms with Crippen molar-refractivity contribution >= 4 is 0 Å². The number of H-pyrrole nitrogens is 1. The van der Waals surface area contributed by atoms with E-state index >= 15 is 0 Å². The van der Waals surface area contributed by atoms with Crippen molar-refractivity contribution in [3.05, 3.63) is 17.5 Å². The number of aromatic nitrogens is 2. The van der Waals surface area contributed by atoms with Crippen LogP contribution in [0.15, 0.2) is 6.20 Å². The average molecular weight is 179 g/mol. The number of aromatic amines is 1. The summed E-state index contributed by atoms with van der Waals surface area (Å²) in [5, 5.41) is 5.88. The number of alkyl halides is 3. The average Bonchev–Trinajstić information content (AvgIpc) is 2.31. The third-order valence-electron chi connectivity index (χ3n) is 1.40. The largest absolute Gasteiger partial charge is 0.393 e. The highest BCUT2D eigenvalue weighted by Gasteiger charge is 2.29. The summed E-state index contributed by atoms with van der Waals surface area (Å²) in [7, 11) is 0. The third kappa shape index (κ3) is 2.23. The van der Waals surface area contributed by atoms with Crippen LogP contribution in [0.5, 0.6) is 0 Å². The summed E-state index contributed by atoms with van der Waals surface area (Å²) >= 11 is 0. The van der Waals surface area contributed by atoms with Gasteiger partial charge in [0.05, 0.1) is 18.3 Å². The molecule has 0 aliphatic carbocycles. The maximum atomic E-state index is 11.9. The molecule has 0 unspecified atom stereocenters. The van der Waals surface area contributed by atoms with Gasteiger partial charge in [-0.3, -0.25) is 5.10 Å². The molecule has 1 heterocycles. The number of hydrogen-bond donors (Lipinski definition) is 2. The molecule has 6 heteroatoms. The molecule has 0 atom stereocenters. The standard InChI is InChI=1S/C6H8F3N3/c7-6(8,9)1-4-3-11-12-5(4)2-10/h3H,1-2,10H2,(H,11,12). The van der Waals surface area contributed by atoms with E-state index in [2.05, 4.69) is 10.2 Å². The van der Waals surface area contributed by atoms with E-state index in [9.17, 15) is 13.2 Å². The van der Waals surface area contributed by atoms with Crippen molar-refractivity contribution in [2.45, 2.75) is 19.1 Å². The molecule has 0 spiro atoms. The van der Waals surface area contributed by atoms with Gasteiger partial charge in [0.15, 0.2) is 0 Å². The second-order valence-electron chi connectivity index (χ2n) is 2.37. The molecule has 3 nitrogen and oxygen atoms in total. The van der Waals surface area contributed by atoms with Gasteiger partial charge in [-0.2, -0.15) is 18.3 Å². The summed E-state index contributed by atoms with van der Waals surface area (Å²) in [5.74, 6) is 0. The Morgan fingerprint density at radius 3 is 2.67 bits per heavy atom. The summed E-state index contributed by atoms with van der Waals surface area (Å²) < 4.78 is 35.6. The van der Waals surface area contributed by atoms with E-state index in [-0.39, 0.29) is 12.1 Å². The monoisotopic (exact) mass is 179 g/mol. The van der Waals surface area contributed by atoms with Gasteiger partial charge in [0.1, 0.15) is 0 Å². The summed E-state index contributed by atoms with van der Waals surface area (Å²) in [4.78, 5) is 0. The maximum absolute atomic E-state index is 11.9. The third-order valence-corrected chi connectivity index (χ3v) is 1.40. The second-order valence-corrected chi connectivity index (χ2v) is 2.37. The van der Waals surface area contributed by atoms with Crippen molar-refractivity contribution < 1.29 is 13.2 Å². The zero-order valence-corrected chi connectivity index (χ0v) is 6.15. The van der Waals surface area contributed by atoms with Crippen molar-refractivity contribution in [3.63, 3.8) is 0 Å². The van der Waals surface area contributed by atoms with Crippen LogP contribution in [0, 0.1) is 0 Å². The van der Waals surface area contributed by atoms with Crippen LogP contribution in [-0.2, 0) is 13.0 Å². The number of rotatable bonds is 2. The van der Waals surface area contributed by atoms with Crippen molar-refractivity contribution in [2.75, 3.05) is 0 Å². The molecule has 3 N–H and O–H groups in total. The predicted octanol–water partition coefficient (Wildman–Crippen LogP) is 0.973. The smallest absolute Gasteiger partial charge is 0.325 e. The lowest BCUT2D eigenvalue weighted by molar-refractivity contribution is -0.127. The predicted molar refractivity (Wildman–Crippen MR) is 36.2 cm³/mol. The number of nitrogens with one attached hydrogen (secondary N) is 1. The highest BCUT2D eigenvalue weighted by Crippen LogP contribution is 2.21. The minimum Gasteiger partial charge on any atom is -0.325 e. The van der Waals surface area contributed by atoms with Crippen LogP contribution in [-0.4, -0.2) is 16.4 Å². The molecular formula is C6H8F3N3. The van der Waals surface area contributed by atoms with Gasteiger partial charge in [0.2, 0.25) is 0 Å². The van der Waals surface area contributed by atoms with Crippen molar-refractivity contribution in [1.29, 1.82) is 0 Å². The molecule has 12 heavy (non-hydrogen) atoms. The first kappa shape index (κ1) is 9.05. The molecule has 1 rings (SSSR count). The summed E-state index contributed by atoms with van der Waals surface area (Å²) in [5.41, 5.74) is 5.63. The van der Waals surface area contributed by atoms with E-state index in [1.807, 2.05) is 0 Å². The topological polar surface area (TPSA) is 54.7 Å². The normalized spacial score (nSPS) is 12.0. The fraction of sp³-hybridized carbons (Fsp3) is 0.500. The molecule has 0 bridgehead atoms. The second kappa shape index (κ2) is 3.14. The molecule has 1 aromatic rings. The van der Waals surface area contributed by atoms with Crippen LogP contribution in [0.4, 0.5) is 13.2 Å². The Balaban J connectivity index is 2.75. The Bertz CT molecular complexity index is 253. The van der Waals surface area contributed by atoms with Gasteiger partial charge in [-0.05, 0) is 0 Å². The van der Waals surface area contributed by atoms with Crippen molar-refractivity contribution in [2.24, 2.45) is 5.73 Å². The number of halogens is 3. The van der Waals surface area contributed by atoms with Gasteiger partial charge in [0.25, 0.3) is 0 Å². The molecule has 0 saturated carbocycles.